The molecule has 0 atom stereocenters. The molecule has 1 fully saturated rings. The van der Waals surface area contributed by atoms with Gasteiger partial charge in [0.1, 0.15) is 5.82 Å². The minimum absolute atomic E-state index is 0.0641. The van der Waals surface area contributed by atoms with Crippen LogP contribution in [0.3, 0.4) is 0 Å². The molecule has 1 heterocycles. The van der Waals surface area contributed by atoms with Crippen molar-refractivity contribution in [3.8, 4) is 0 Å². The summed E-state index contributed by atoms with van der Waals surface area (Å²) in [7, 11) is 0. The Bertz CT molecular complexity index is 574. The molecule has 1 aromatic heterocycles. The first kappa shape index (κ1) is 13.7. The largest absolute Gasteiger partial charge is 0.390 e. The molecule has 3 nitrogen and oxygen atoms in total. The number of nitrogens with zero attached hydrogens (tertiary/aromatic N) is 2. The molecule has 4 heteroatoms. The van der Waals surface area contributed by atoms with Gasteiger partial charge < -0.3 is 9.67 Å². The lowest BCUT2D eigenvalue weighted by Gasteiger charge is -2.15. The number of hydrogen-bond acceptors (Lipinski definition) is 2. The van der Waals surface area contributed by atoms with Crippen LogP contribution >= 0.6 is 11.6 Å². The molecule has 0 spiro atoms. The van der Waals surface area contributed by atoms with Gasteiger partial charge in [0.15, 0.2) is 5.15 Å². The minimum atomic E-state index is -0.0641. The number of aliphatic hydroxyl groups excluding tert-OH is 1. The van der Waals surface area contributed by atoms with Crippen LogP contribution in [0.1, 0.15) is 48.7 Å². The Labute approximate surface area is 124 Å². The van der Waals surface area contributed by atoms with Crippen LogP contribution in [0.5, 0.6) is 0 Å². The normalized spacial score (nSPS) is 15.9. The van der Waals surface area contributed by atoms with Crippen molar-refractivity contribution in [2.24, 2.45) is 0 Å². The van der Waals surface area contributed by atoms with E-state index in [1.807, 2.05) is 18.2 Å². The predicted molar refractivity (Wildman–Crippen MR) is 79.9 cm³/mol. The summed E-state index contributed by atoms with van der Waals surface area (Å²) in [5, 5.41) is 10.0. The zero-order chi connectivity index (χ0) is 13.9. The highest BCUT2D eigenvalue weighted by atomic mass is 35.5. The molecule has 0 radical (unpaired) electrons. The van der Waals surface area contributed by atoms with Gasteiger partial charge in [0.2, 0.25) is 0 Å². The standard InChI is InChI=1S/C16H19ClN2O/c17-15-14(11-20)19(10-12-6-2-1-3-7-12)16(18-15)13-8-4-5-9-13/h1-3,6-7,13,20H,4-5,8-11H2. The fourth-order valence-corrected chi connectivity index (χ4v) is 3.31. The Morgan fingerprint density at radius 2 is 1.90 bits per heavy atom. The van der Waals surface area contributed by atoms with Gasteiger partial charge in [-0.2, -0.15) is 0 Å². The van der Waals surface area contributed by atoms with Gasteiger partial charge in [-0.25, -0.2) is 4.98 Å². The highest BCUT2D eigenvalue weighted by Crippen LogP contribution is 2.35. The summed E-state index contributed by atoms with van der Waals surface area (Å²) in [6.45, 7) is 0.660. The first-order chi connectivity index (χ1) is 9.79. The maximum atomic E-state index is 9.59. The van der Waals surface area contributed by atoms with E-state index in [4.69, 9.17) is 11.6 Å². The Kier molecular flexibility index (Phi) is 4.08. The number of aromatic nitrogens is 2. The third-order valence-electron chi connectivity index (χ3n) is 4.11. The molecule has 3 rings (SSSR count). The second-order valence-corrected chi connectivity index (χ2v) is 5.78. The van der Waals surface area contributed by atoms with Gasteiger partial charge in [-0.15, -0.1) is 0 Å². The number of hydrogen-bond donors (Lipinski definition) is 1. The fourth-order valence-electron chi connectivity index (χ4n) is 3.06. The van der Waals surface area contributed by atoms with Gasteiger partial charge in [-0.3, -0.25) is 0 Å². The van der Waals surface area contributed by atoms with Gasteiger partial charge in [-0.1, -0.05) is 54.8 Å². The van der Waals surface area contributed by atoms with Crippen LogP contribution in [0.15, 0.2) is 30.3 Å². The number of benzene rings is 1. The molecule has 20 heavy (non-hydrogen) atoms. The summed E-state index contributed by atoms with van der Waals surface area (Å²) in [5.74, 6) is 1.52. The molecule has 0 bridgehead atoms. The molecule has 0 unspecified atom stereocenters. The molecule has 1 aliphatic carbocycles. The van der Waals surface area contributed by atoms with E-state index < -0.39 is 0 Å². The Balaban J connectivity index is 1.98. The molecule has 1 aromatic carbocycles. The number of halogens is 1. The summed E-state index contributed by atoms with van der Waals surface area (Å²) < 4.78 is 2.10. The second-order valence-electron chi connectivity index (χ2n) is 5.42. The van der Waals surface area contributed by atoms with E-state index in [0.717, 1.165) is 18.1 Å². The fraction of sp³-hybridized carbons (Fsp3) is 0.438. The lowest BCUT2D eigenvalue weighted by Crippen LogP contribution is -2.11. The molecule has 106 valence electrons. The Morgan fingerprint density at radius 3 is 2.55 bits per heavy atom. The number of imidazole rings is 1. The Hall–Kier alpha value is -1.32. The van der Waals surface area contributed by atoms with E-state index in [1.54, 1.807) is 0 Å². The molecule has 0 amide bonds. The van der Waals surface area contributed by atoms with Crippen molar-refractivity contribution in [3.05, 3.63) is 52.6 Å². The van der Waals surface area contributed by atoms with Crippen molar-refractivity contribution in [2.45, 2.75) is 44.8 Å². The monoisotopic (exact) mass is 290 g/mol. The van der Waals surface area contributed by atoms with Crippen molar-refractivity contribution in [3.63, 3.8) is 0 Å². The van der Waals surface area contributed by atoms with Crippen molar-refractivity contribution >= 4 is 11.6 Å². The van der Waals surface area contributed by atoms with Gasteiger partial charge >= 0.3 is 0 Å². The molecular weight excluding hydrogens is 272 g/mol. The first-order valence-electron chi connectivity index (χ1n) is 7.19. The summed E-state index contributed by atoms with van der Waals surface area (Å²) in [5.41, 5.74) is 1.94. The highest BCUT2D eigenvalue weighted by molar-refractivity contribution is 6.30. The third kappa shape index (κ3) is 2.60. The molecule has 1 aliphatic rings. The van der Waals surface area contributed by atoms with Gasteiger partial charge in [0.25, 0.3) is 0 Å². The molecular formula is C16H19ClN2O. The topological polar surface area (TPSA) is 38.1 Å². The SMILES string of the molecule is OCc1c(Cl)nc(C2CCCC2)n1Cc1ccccc1. The van der Waals surface area contributed by atoms with Crippen LogP contribution in [0.4, 0.5) is 0 Å². The smallest absolute Gasteiger partial charge is 0.153 e. The summed E-state index contributed by atoms with van der Waals surface area (Å²) in [6.07, 6.45) is 4.86. The average Bonchev–Trinajstić information content (AvgIpc) is 3.08. The van der Waals surface area contributed by atoms with Crippen molar-refractivity contribution in [1.29, 1.82) is 0 Å². The lowest BCUT2D eigenvalue weighted by molar-refractivity contribution is 0.271. The molecule has 0 saturated heterocycles. The predicted octanol–water partition coefficient (Wildman–Crippen LogP) is 3.73. The lowest BCUT2D eigenvalue weighted by atomic mass is 10.1. The zero-order valence-electron chi connectivity index (χ0n) is 11.4. The van der Waals surface area contributed by atoms with Crippen LogP contribution in [-0.4, -0.2) is 14.7 Å². The van der Waals surface area contributed by atoms with E-state index in [1.165, 1.54) is 31.2 Å². The summed E-state index contributed by atoms with van der Waals surface area (Å²) in [4.78, 5) is 4.53. The zero-order valence-corrected chi connectivity index (χ0v) is 12.2. The second kappa shape index (κ2) is 5.98. The Morgan fingerprint density at radius 1 is 1.20 bits per heavy atom. The first-order valence-corrected chi connectivity index (χ1v) is 7.57. The van der Waals surface area contributed by atoms with Crippen molar-refractivity contribution < 1.29 is 5.11 Å². The highest BCUT2D eigenvalue weighted by Gasteiger charge is 2.25. The molecule has 0 aliphatic heterocycles. The molecule has 1 N–H and O–H groups in total. The number of aliphatic hydroxyl groups is 1. The van der Waals surface area contributed by atoms with E-state index in [-0.39, 0.29) is 6.61 Å². The molecule has 2 aromatic rings. The van der Waals surface area contributed by atoms with Crippen LogP contribution in [0.25, 0.3) is 0 Å². The van der Waals surface area contributed by atoms with Crippen LogP contribution in [0, 0.1) is 0 Å². The van der Waals surface area contributed by atoms with Crippen molar-refractivity contribution in [1.82, 2.24) is 9.55 Å². The van der Waals surface area contributed by atoms with Gasteiger partial charge in [0, 0.05) is 12.5 Å². The van der Waals surface area contributed by atoms with E-state index >= 15 is 0 Å². The van der Waals surface area contributed by atoms with Crippen LogP contribution in [0.2, 0.25) is 5.15 Å². The third-order valence-corrected chi connectivity index (χ3v) is 4.41. The van der Waals surface area contributed by atoms with E-state index in [9.17, 15) is 5.11 Å². The van der Waals surface area contributed by atoms with Crippen molar-refractivity contribution in [2.75, 3.05) is 0 Å². The molecule has 1 saturated carbocycles. The van der Waals surface area contributed by atoms with Gasteiger partial charge in [0.05, 0.1) is 12.3 Å². The van der Waals surface area contributed by atoms with Gasteiger partial charge in [-0.05, 0) is 18.4 Å². The van der Waals surface area contributed by atoms with E-state index in [2.05, 4.69) is 21.7 Å². The maximum Gasteiger partial charge on any atom is 0.153 e. The van der Waals surface area contributed by atoms with E-state index in [0.29, 0.717) is 11.1 Å². The summed E-state index contributed by atoms with van der Waals surface area (Å²) in [6, 6.07) is 10.2. The quantitative estimate of drug-likeness (QED) is 0.931. The van der Waals surface area contributed by atoms with Crippen LogP contribution in [-0.2, 0) is 13.2 Å². The number of rotatable bonds is 4. The van der Waals surface area contributed by atoms with Crippen LogP contribution < -0.4 is 0 Å². The summed E-state index contributed by atoms with van der Waals surface area (Å²) >= 11 is 6.20. The minimum Gasteiger partial charge on any atom is -0.390 e. The average molecular weight is 291 g/mol. The maximum absolute atomic E-state index is 9.59.